The van der Waals surface area contributed by atoms with Crippen molar-refractivity contribution in [2.45, 2.75) is 52.4 Å². The average molecular weight is 616 g/mol. The van der Waals surface area contributed by atoms with E-state index in [1.165, 1.54) is 11.1 Å². The third kappa shape index (κ3) is 8.77. The maximum atomic E-state index is 5.80. The van der Waals surface area contributed by atoms with Crippen LogP contribution in [0.2, 0.25) is 0 Å². The van der Waals surface area contributed by atoms with E-state index >= 15 is 0 Å². The van der Waals surface area contributed by atoms with Crippen LogP contribution < -0.4 is 11.5 Å². The quantitative estimate of drug-likeness (QED) is 0.293. The molecule has 0 amide bonds. The van der Waals surface area contributed by atoms with Crippen LogP contribution in [0, 0.1) is 0 Å². The molecule has 0 saturated heterocycles. The third-order valence-corrected chi connectivity index (χ3v) is 5.03. The van der Waals surface area contributed by atoms with Gasteiger partial charge < -0.3 is 11.5 Å². The zero-order valence-corrected chi connectivity index (χ0v) is 22.5. The molecule has 4 N–H and O–H groups in total. The Morgan fingerprint density at radius 1 is 0.654 bits per heavy atom. The highest BCUT2D eigenvalue weighted by molar-refractivity contribution is 9.93. The molecule has 0 radical (unpaired) electrons. The van der Waals surface area contributed by atoms with Crippen LogP contribution in [0.4, 0.5) is 11.4 Å². The van der Waals surface area contributed by atoms with Gasteiger partial charge in [0.25, 0.3) is 0 Å². The van der Waals surface area contributed by atoms with Crippen molar-refractivity contribution in [3.05, 3.63) is 56.5 Å². The number of hydrogen-bond donors (Lipinski definition) is 2. The first-order chi connectivity index (χ1) is 11.8. The first kappa shape index (κ1) is 26.0. The summed E-state index contributed by atoms with van der Waals surface area (Å²) in [6, 6.07) is 12.2. The van der Waals surface area contributed by atoms with Crippen LogP contribution in [0.1, 0.15) is 52.7 Å². The minimum Gasteiger partial charge on any atom is -0.399 e. The third-order valence-electron chi connectivity index (χ3n) is 3.72. The molecular weight excluding hydrogens is 588 g/mol. The summed E-state index contributed by atoms with van der Waals surface area (Å²) in [5, 5.41) is 0. The van der Waals surface area contributed by atoms with Gasteiger partial charge in [-0.3, -0.25) is 0 Å². The lowest BCUT2D eigenvalue weighted by molar-refractivity contribution is 0.589. The predicted octanol–water partition coefficient (Wildman–Crippen LogP) is 8.35. The van der Waals surface area contributed by atoms with Crippen molar-refractivity contribution < 1.29 is 0 Å². The fraction of sp³-hybridized carbons (Fsp3) is 0.400. The standard InChI is InChI=1S/C10H13Br2N.C10H15N.Br2/c1-10(2,3)6-4-7(11)9(13)8(12)5-6;1-10(2,3)8-4-6-9(11)7-5-8;1-2/h4-5H,13H2,1-3H3;4-7H,11H2,1-3H3;. The zero-order valence-electron chi connectivity index (χ0n) is 16.1. The van der Waals surface area contributed by atoms with Crippen LogP contribution in [0.15, 0.2) is 45.3 Å². The molecule has 0 heterocycles. The molecule has 2 rings (SSSR count). The van der Waals surface area contributed by atoms with Gasteiger partial charge in [-0.05, 0) is 78.1 Å². The molecule has 0 spiro atoms. The molecule has 0 saturated carbocycles. The lowest BCUT2D eigenvalue weighted by atomic mass is 9.87. The van der Waals surface area contributed by atoms with Crippen LogP contribution in [-0.2, 0) is 10.8 Å². The number of benzene rings is 2. The van der Waals surface area contributed by atoms with Crippen molar-refractivity contribution in [2.75, 3.05) is 11.5 Å². The monoisotopic (exact) mass is 612 g/mol. The van der Waals surface area contributed by atoms with Crippen LogP contribution >= 0.6 is 60.1 Å². The normalized spacial score (nSPS) is 11.0. The fourth-order valence-corrected chi connectivity index (χ4v) is 3.19. The minimum atomic E-state index is 0.152. The molecule has 2 aromatic rings. The SMILES string of the molecule is BrBr.CC(C)(C)c1cc(Br)c(N)c(Br)c1.CC(C)(C)c1ccc(N)cc1. The molecule has 0 aliphatic carbocycles. The molecule has 2 nitrogen and oxygen atoms in total. The molecule has 0 atom stereocenters. The van der Waals surface area contributed by atoms with Crippen LogP contribution in [0.25, 0.3) is 0 Å². The Labute approximate surface area is 190 Å². The Hall–Kier alpha value is -0.0400. The van der Waals surface area contributed by atoms with Gasteiger partial charge in [0.05, 0.1) is 5.69 Å². The molecule has 26 heavy (non-hydrogen) atoms. The summed E-state index contributed by atoms with van der Waals surface area (Å²) in [5.74, 6) is 0. The van der Waals surface area contributed by atoms with Gasteiger partial charge in [-0.25, -0.2) is 0 Å². The predicted molar refractivity (Wildman–Crippen MR) is 132 cm³/mol. The van der Waals surface area contributed by atoms with E-state index in [-0.39, 0.29) is 10.8 Å². The number of hydrogen-bond acceptors (Lipinski definition) is 2. The lowest BCUT2D eigenvalue weighted by Gasteiger charge is -2.20. The molecule has 0 bridgehead atoms. The van der Waals surface area contributed by atoms with Gasteiger partial charge in [0.15, 0.2) is 0 Å². The molecule has 0 aromatic heterocycles. The van der Waals surface area contributed by atoms with Crippen LogP contribution in [0.5, 0.6) is 0 Å². The molecule has 0 aliphatic rings. The van der Waals surface area contributed by atoms with Gasteiger partial charge in [0.1, 0.15) is 0 Å². The topological polar surface area (TPSA) is 52.0 Å². The Bertz CT molecular complexity index is 661. The summed E-state index contributed by atoms with van der Waals surface area (Å²) in [5.41, 5.74) is 15.9. The summed E-state index contributed by atoms with van der Waals surface area (Å²) in [6.07, 6.45) is 0. The fourth-order valence-electron chi connectivity index (χ4n) is 2.00. The second kappa shape index (κ2) is 11.1. The highest BCUT2D eigenvalue weighted by Crippen LogP contribution is 2.34. The molecule has 0 fully saturated rings. The largest absolute Gasteiger partial charge is 0.399 e. The van der Waals surface area contributed by atoms with Crippen molar-refractivity contribution in [3.8, 4) is 0 Å². The van der Waals surface area contributed by atoms with E-state index in [2.05, 4.69) is 126 Å². The average Bonchev–Trinajstić information content (AvgIpc) is 2.53. The van der Waals surface area contributed by atoms with Crippen molar-refractivity contribution in [2.24, 2.45) is 0 Å². The highest BCUT2D eigenvalue weighted by atomic mass is 80.9. The van der Waals surface area contributed by atoms with Crippen molar-refractivity contribution in [3.63, 3.8) is 0 Å². The Morgan fingerprint density at radius 3 is 1.31 bits per heavy atom. The summed E-state index contributed by atoms with van der Waals surface area (Å²) >= 11 is 12.4. The van der Waals surface area contributed by atoms with E-state index in [4.69, 9.17) is 11.5 Å². The molecule has 146 valence electrons. The molecule has 6 heteroatoms. The maximum absolute atomic E-state index is 5.80. The smallest absolute Gasteiger partial charge is 0.0603 e. The van der Waals surface area contributed by atoms with Gasteiger partial charge >= 0.3 is 0 Å². The second-order valence-corrected chi connectivity index (χ2v) is 9.68. The number of nitrogens with two attached hydrogens (primary N) is 2. The molecular formula is C20H28Br4N2. The number of halogens is 4. The van der Waals surface area contributed by atoms with Crippen LogP contribution in [-0.4, -0.2) is 0 Å². The zero-order chi connectivity index (χ0) is 20.7. The Kier molecular flexibility index (Phi) is 11.1. The van der Waals surface area contributed by atoms with Gasteiger partial charge in [-0.2, -0.15) is 0 Å². The van der Waals surface area contributed by atoms with Crippen LogP contribution in [0.3, 0.4) is 0 Å². The number of rotatable bonds is 0. The molecule has 2 aromatic carbocycles. The summed E-state index contributed by atoms with van der Waals surface area (Å²) < 4.78 is 1.90. The van der Waals surface area contributed by atoms with E-state index < -0.39 is 0 Å². The Morgan fingerprint density at radius 2 is 1.00 bits per heavy atom. The van der Waals surface area contributed by atoms with Crippen molar-refractivity contribution in [1.82, 2.24) is 0 Å². The molecule has 0 aliphatic heterocycles. The Balaban J connectivity index is 0.000000444. The maximum Gasteiger partial charge on any atom is 0.0603 e. The van der Waals surface area contributed by atoms with Gasteiger partial charge in [-0.1, -0.05) is 53.7 Å². The van der Waals surface area contributed by atoms with E-state index in [0.717, 1.165) is 20.3 Å². The van der Waals surface area contributed by atoms with Crippen molar-refractivity contribution in [1.29, 1.82) is 0 Å². The first-order valence-corrected chi connectivity index (χ1v) is 13.4. The number of anilines is 2. The number of nitrogen functional groups attached to an aromatic ring is 2. The first-order valence-electron chi connectivity index (χ1n) is 8.07. The van der Waals surface area contributed by atoms with E-state index in [1.807, 2.05) is 12.1 Å². The highest BCUT2D eigenvalue weighted by Gasteiger charge is 2.16. The second-order valence-electron chi connectivity index (χ2n) is 7.98. The minimum absolute atomic E-state index is 0.152. The molecule has 0 unspecified atom stereocenters. The van der Waals surface area contributed by atoms with Gasteiger partial charge in [0, 0.05) is 42.9 Å². The van der Waals surface area contributed by atoms with Gasteiger partial charge in [0.2, 0.25) is 0 Å². The lowest BCUT2D eigenvalue weighted by Crippen LogP contribution is -2.11. The summed E-state index contributed by atoms with van der Waals surface area (Å²) in [4.78, 5) is 0. The summed E-state index contributed by atoms with van der Waals surface area (Å²) in [7, 11) is 0. The summed E-state index contributed by atoms with van der Waals surface area (Å²) in [6.45, 7) is 13.1. The van der Waals surface area contributed by atoms with Crippen molar-refractivity contribution >= 4 is 71.5 Å². The van der Waals surface area contributed by atoms with E-state index in [1.54, 1.807) is 0 Å². The van der Waals surface area contributed by atoms with E-state index in [9.17, 15) is 0 Å². The van der Waals surface area contributed by atoms with Gasteiger partial charge in [-0.15, -0.1) is 0 Å². The van der Waals surface area contributed by atoms with E-state index in [0.29, 0.717) is 0 Å².